The van der Waals surface area contributed by atoms with Crippen LogP contribution in [0.2, 0.25) is 0 Å². The average Bonchev–Trinajstić information content (AvgIpc) is 2.88. The summed E-state index contributed by atoms with van der Waals surface area (Å²) in [4.78, 5) is 8.35. The number of hydrogen-bond donors (Lipinski definition) is 0. The molecule has 3 aliphatic carbocycles. The summed E-state index contributed by atoms with van der Waals surface area (Å²) in [5.74, 6) is 5.22. The van der Waals surface area contributed by atoms with Gasteiger partial charge in [0, 0.05) is 23.6 Å². The zero-order valence-electron chi connectivity index (χ0n) is 11.1. The fraction of sp³-hybridized carbons (Fsp3) is 0.733. The zero-order valence-corrected chi connectivity index (χ0v) is 11.9. The molecule has 3 nitrogen and oxygen atoms in total. The molecule has 1 aromatic rings. The van der Waals surface area contributed by atoms with Crippen molar-refractivity contribution in [2.45, 2.75) is 31.1 Å². The number of ether oxygens (including phenoxy) is 1. The minimum Gasteiger partial charge on any atom is -0.481 e. The van der Waals surface area contributed by atoms with E-state index in [9.17, 15) is 0 Å². The summed E-state index contributed by atoms with van der Waals surface area (Å²) in [6, 6.07) is 1.90. The van der Waals surface area contributed by atoms with E-state index in [1.807, 2.05) is 6.07 Å². The molecule has 0 aliphatic heterocycles. The molecular formula is C15H19ClN2O. The van der Waals surface area contributed by atoms with E-state index < -0.39 is 0 Å². The number of hydrogen-bond acceptors (Lipinski definition) is 3. The van der Waals surface area contributed by atoms with Crippen LogP contribution in [0.1, 0.15) is 25.0 Å². The summed E-state index contributed by atoms with van der Waals surface area (Å²) < 4.78 is 5.14. The molecular weight excluding hydrogens is 260 g/mol. The van der Waals surface area contributed by atoms with Crippen LogP contribution < -0.4 is 4.74 Å². The predicted molar refractivity (Wildman–Crippen MR) is 73.2 cm³/mol. The van der Waals surface area contributed by atoms with Crippen LogP contribution in [-0.4, -0.2) is 22.5 Å². The van der Waals surface area contributed by atoms with Gasteiger partial charge in [0.25, 0.3) is 0 Å². The molecule has 2 bridgehead atoms. The summed E-state index contributed by atoms with van der Waals surface area (Å²) in [6.45, 7) is 0. The van der Waals surface area contributed by atoms with E-state index in [1.165, 1.54) is 19.3 Å². The maximum Gasteiger partial charge on any atom is 0.216 e. The number of halogens is 1. The maximum atomic E-state index is 6.67. The van der Waals surface area contributed by atoms with Crippen LogP contribution >= 0.6 is 11.6 Å². The normalized spacial score (nSPS) is 40.0. The van der Waals surface area contributed by atoms with Crippen molar-refractivity contribution in [2.24, 2.45) is 29.6 Å². The number of fused-ring (bicyclic) bond motifs is 5. The molecule has 19 heavy (non-hydrogen) atoms. The lowest BCUT2D eigenvalue weighted by atomic mass is 9.98. The molecule has 0 N–H and O–H groups in total. The van der Waals surface area contributed by atoms with E-state index in [1.54, 1.807) is 13.4 Å². The molecule has 5 unspecified atom stereocenters. The van der Waals surface area contributed by atoms with Gasteiger partial charge in [0.1, 0.15) is 6.33 Å². The third kappa shape index (κ3) is 1.85. The SMILES string of the molecule is COc1cc(CC(Cl)C2C3C4CCC(C4)C23)ncn1. The van der Waals surface area contributed by atoms with Crippen LogP contribution in [0.4, 0.5) is 0 Å². The van der Waals surface area contributed by atoms with Crippen LogP contribution in [0, 0.1) is 29.6 Å². The highest BCUT2D eigenvalue weighted by molar-refractivity contribution is 6.21. The van der Waals surface area contributed by atoms with Crippen molar-refractivity contribution in [2.75, 3.05) is 7.11 Å². The van der Waals surface area contributed by atoms with Crippen molar-refractivity contribution < 1.29 is 4.74 Å². The Bertz CT molecular complexity index is 479. The Hall–Kier alpha value is -0.830. The lowest BCUT2D eigenvalue weighted by molar-refractivity contribution is 0.395. The van der Waals surface area contributed by atoms with Crippen LogP contribution in [0.15, 0.2) is 12.4 Å². The second kappa shape index (κ2) is 4.34. The average molecular weight is 279 g/mol. The van der Waals surface area contributed by atoms with Crippen molar-refractivity contribution in [3.05, 3.63) is 18.1 Å². The molecule has 4 rings (SSSR count). The highest BCUT2D eigenvalue weighted by Crippen LogP contribution is 2.71. The molecule has 5 atom stereocenters. The maximum absolute atomic E-state index is 6.67. The Balaban J connectivity index is 1.43. The van der Waals surface area contributed by atoms with Crippen molar-refractivity contribution in [1.82, 2.24) is 9.97 Å². The smallest absolute Gasteiger partial charge is 0.216 e. The third-order valence-electron chi connectivity index (χ3n) is 5.52. The van der Waals surface area contributed by atoms with Crippen molar-refractivity contribution >= 4 is 11.6 Å². The number of aromatic nitrogens is 2. The van der Waals surface area contributed by atoms with Gasteiger partial charge in [0.05, 0.1) is 7.11 Å². The van der Waals surface area contributed by atoms with Crippen molar-refractivity contribution in [3.8, 4) is 5.88 Å². The van der Waals surface area contributed by atoms with E-state index in [2.05, 4.69) is 9.97 Å². The number of rotatable bonds is 4. The first-order valence-corrected chi connectivity index (χ1v) is 7.70. The topological polar surface area (TPSA) is 35.0 Å². The second-order valence-electron chi connectivity index (χ2n) is 6.34. The molecule has 1 aromatic heterocycles. The van der Waals surface area contributed by atoms with Crippen LogP contribution in [-0.2, 0) is 6.42 Å². The molecule has 0 saturated heterocycles. The standard InChI is InChI=1S/C15H19ClN2O/c1-19-12-6-10(17-7-18-12)5-11(16)15-13-8-2-3-9(4-8)14(13)15/h6-9,11,13-15H,2-5H2,1H3. The van der Waals surface area contributed by atoms with Gasteiger partial charge in [0.2, 0.25) is 5.88 Å². The summed E-state index contributed by atoms with van der Waals surface area (Å²) >= 11 is 6.67. The quantitative estimate of drug-likeness (QED) is 0.795. The van der Waals surface area contributed by atoms with E-state index in [0.717, 1.165) is 41.7 Å². The monoisotopic (exact) mass is 278 g/mol. The molecule has 3 aliphatic rings. The number of nitrogens with zero attached hydrogens (tertiary/aromatic N) is 2. The molecule has 3 saturated carbocycles. The molecule has 4 heteroatoms. The summed E-state index contributed by atoms with van der Waals surface area (Å²) in [6.07, 6.45) is 6.80. The first-order valence-electron chi connectivity index (χ1n) is 7.27. The first kappa shape index (κ1) is 12.0. The second-order valence-corrected chi connectivity index (χ2v) is 6.90. The van der Waals surface area contributed by atoms with Gasteiger partial charge >= 0.3 is 0 Å². The Morgan fingerprint density at radius 2 is 2.05 bits per heavy atom. The van der Waals surface area contributed by atoms with Crippen molar-refractivity contribution in [3.63, 3.8) is 0 Å². The Morgan fingerprint density at radius 3 is 2.74 bits per heavy atom. The zero-order chi connectivity index (χ0) is 13.0. The predicted octanol–water partition coefficient (Wildman–Crippen LogP) is 2.93. The van der Waals surface area contributed by atoms with Gasteiger partial charge in [-0.25, -0.2) is 9.97 Å². The van der Waals surface area contributed by atoms with Gasteiger partial charge in [-0.05, 0) is 48.9 Å². The number of alkyl halides is 1. The van der Waals surface area contributed by atoms with Gasteiger partial charge in [-0.3, -0.25) is 0 Å². The molecule has 0 spiro atoms. The fourth-order valence-corrected chi connectivity index (χ4v) is 5.31. The third-order valence-corrected chi connectivity index (χ3v) is 5.97. The van der Waals surface area contributed by atoms with E-state index >= 15 is 0 Å². The summed E-state index contributed by atoms with van der Waals surface area (Å²) in [5, 5.41) is 0.234. The first-order chi connectivity index (χ1) is 9.28. The van der Waals surface area contributed by atoms with Gasteiger partial charge in [-0.1, -0.05) is 0 Å². The van der Waals surface area contributed by atoms with Gasteiger partial charge in [-0.15, -0.1) is 11.6 Å². The summed E-state index contributed by atoms with van der Waals surface area (Å²) in [5.41, 5.74) is 1.00. The minimum absolute atomic E-state index is 0.234. The molecule has 102 valence electrons. The minimum atomic E-state index is 0.234. The van der Waals surface area contributed by atoms with Gasteiger partial charge in [0.15, 0.2) is 0 Å². The number of methoxy groups -OCH3 is 1. The van der Waals surface area contributed by atoms with E-state index in [0.29, 0.717) is 5.88 Å². The molecule has 0 amide bonds. The molecule has 0 aromatic carbocycles. The van der Waals surface area contributed by atoms with Crippen molar-refractivity contribution in [1.29, 1.82) is 0 Å². The van der Waals surface area contributed by atoms with Crippen LogP contribution in [0.3, 0.4) is 0 Å². The van der Waals surface area contributed by atoms with Gasteiger partial charge in [-0.2, -0.15) is 0 Å². The molecule has 1 heterocycles. The Kier molecular flexibility index (Phi) is 2.73. The Morgan fingerprint density at radius 1 is 1.32 bits per heavy atom. The van der Waals surface area contributed by atoms with Crippen LogP contribution in [0.25, 0.3) is 0 Å². The summed E-state index contributed by atoms with van der Waals surface area (Å²) in [7, 11) is 1.63. The molecule has 3 fully saturated rings. The lowest BCUT2D eigenvalue weighted by Crippen LogP contribution is -2.14. The highest BCUT2D eigenvalue weighted by Gasteiger charge is 2.66. The van der Waals surface area contributed by atoms with E-state index in [4.69, 9.17) is 16.3 Å². The Labute approximate surface area is 118 Å². The highest BCUT2D eigenvalue weighted by atomic mass is 35.5. The lowest BCUT2D eigenvalue weighted by Gasteiger charge is -2.14. The largest absolute Gasteiger partial charge is 0.481 e. The molecule has 0 radical (unpaired) electrons. The van der Waals surface area contributed by atoms with E-state index in [-0.39, 0.29) is 5.38 Å². The fourth-order valence-electron chi connectivity index (χ4n) is 4.81. The van der Waals surface area contributed by atoms with Crippen LogP contribution in [0.5, 0.6) is 5.88 Å². The van der Waals surface area contributed by atoms with Gasteiger partial charge < -0.3 is 4.74 Å².